The van der Waals surface area contributed by atoms with E-state index in [0.29, 0.717) is 17.1 Å². The highest BCUT2D eigenvalue weighted by atomic mass is 79.9. The van der Waals surface area contributed by atoms with Crippen molar-refractivity contribution in [1.29, 1.82) is 0 Å². The minimum atomic E-state index is -0.281. The van der Waals surface area contributed by atoms with Gasteiger partial charge in [-0.1, -0.05) is 22.0 Å². The van der Waals surface area contributed by atoms with Crippen LogP contribution in [-0.2, 0) is 9.59 Å². The van der Waals surface area contributed by atoms with Gasteiger partial charge in [-0.15, -0.1) is 0 Å². The Morgan fingerprint density at radius 1 is 1.17 bits per heavy atom. The molecule has 0 radical (unpaired) electrons. The fraction of sp³-hybridized carbons (Fsp3) is 0.222. The lowest BCUT2D eigenvalue weighted by atomic mass is 10.2. The van der Waals surface area contributed by atoms with Gasteiger partial charge in [0.2, 0.25) is 11.8 Å². The number of nitrogens with zero attached hydrogens (tertiary/aromatic N) is 1. The van der Waals surface area contributed by atoms with Crippen LogP contribution in [0.1, 0.15) is 12.5 Å². The Morgan fingerprint density at radius 3 is 2.42 bits per heavy atom. The van der Waals surface area contributed by atoms with Crippen molar-refractivity contribution in [3.05, 3.63) is 52.5 Å². The standard InChI is InChI=1S/C18H19BrN2O3/c1-12-4-9-17(24-3)16(10-12)21(13(2)22)11-18(23)20-15-7-5-14(19)6-8-15/h4-10H,11H2,1-3H3,(H,20,23). The van der Waals surface area contributed by atoms with Gasteiger partial charge in [0.05, 0.1) is 12.8 Å². The van der Waals surface area contributed by atoms with Crippen molar-refractivity contribution in [3.8, 4) is 5.75 Å². The number of rotatable bonds is 5. The molecular formula is C18H19BrN2O3. The minimum Gasteiger partial charge on any atom is -0.495 e. The summed E-state index contributed by atoms with van der Waals surface area (Å²) in [5.74, 6) is 0.0354. The van der Waals surface area contributed by atoms with Gasteiger partial charge < -0.3 is 10.1 Å². The van der Waals surface area contributed by atoms with Crippen molar-refractivity contribution >= 4 is 39.1 Å². The van der Waals surface area contributed by atoms with Gasteiger partial charge in [-0.3, -0.25) is 14.5 Å². The van der Waals surface area contributed by atoms with Crippen molar-refractivity contribution in [2.45, 2.75) is 13.8 Å². The van der Waals surface area contributed by atoms with Crippen LogP contribution in [0, 0.1) is 6.92 Å². The van der Waals surface area contributed by atoms with Crippen LogP contribution >= 0.6 is 15.9 Å². The molecule has 5 nitrogen and oxygen atoms in total. The van der Waals surface area contributed by atoms with Crippen LogP contribution in [0.5, 0.6) is 5.75 Å². The summed E-state index contributed by atoms with van der Waals surface area (Å²) < 4.78 is 6.24. The van der Waals surface area contributed by atoms with Gasteiger partial charge in [0.25, 0.3) is 0 Å². The molecule has 24 heavy (non-hydrogen) atoms. The molecule has 0 fully saturated rings. The topological polar surface area (TPSA) is 58.6 Å². The first-order valence-corrected chi connectivity index (χ1v) is 8.18. The summed E-state index contributed by atoms with van der Waals surface area (Å²) in [6, 6.07) is 12.7. The van der Waals surface area contributed by atoms with Gasteiger partial charge in [-0.2, -0.15) is 0 Å². The quantitative estimate of drug-likeness (QED) is 0.845. The molecule has 0 saturated heterocycles. The normalized spacial score (nSPS) is 10.2. The van der Waals surface area contributed by atoms with Crippen molar-refractivity contribution in [3.63, 3.8) is 0 Å². The molecule has 0 aromatic heterocycles. The van der Waals surface area contributed by atoms with Crippen LogP contribution in [0.2, 0.25) is 0 Å². The lowest BCUT2D eigenvalue weighted by Gasteiger charge is -2.23. The fourth-order valence-electron chi connectivity index (χ4n) is 2.25. The monoisotopic (exact) mass is 390 g/mol. The molecule has 0 unspecified atom stereocenters. The third kappa shape index (κ3) is 4.58. The lowest BCUT2D eigenvalue weighted by Crippen LogP contribution is -2.37. The number of aryl methyl sites for hydroxylation is 1. The Kier molecular flexibility index (Phi) is 5.98. The maximum absolute atomic E-state index is 12.3. The average molecular weight is 391 g/mol. The first-order chi connectivity index (χ1) is 11.4. The maximum atomic E-state index is 12.3. The van der Waals surface area contributed by atoms with E-state index in [-0.39, 0.29) is 18.4 Å². The molecule has 2 amide bonds. The van der Waals surface area contributed by atoms with Gasteiger partial charge in [0.1, 0.15) is 12.3 Å². The maximum Gasteiger partial charge on any atom is 0.244 e. The second-order valence-electron chi connectivity index (χ2n) is 5.34. The molecule has 0 heterocycles. The second kappa shape index (κ2) is 7.97. The molecule has 126 valence electrons. The smallest absolute Gasteiger partial charge is 0.244 e. The zero-order valence-corrected chi connectivity index (χ0v) is 15.4. The van der Waals surface area contributed by atoms with E-state index in [2.05, 4.69) is 21.2 Å². The summed E-state index contributed by atoms with van der Waals surface area (Å²) in [5, 5.41) is 2.78. The number of benzene rings is 2. The number of nitrogens with one attached hydrogen (secondary N) is 1. The van der Waals surface area contributed by atoms with E-state index < -0.39 is 0 Å². The van der Waals surface area contributed by atoms with Gasteiger partial charge in [0, 0.05) is 17.1 Å². The van der Waals surface area contributed by atoms with E-state index in [0.717, 1.165) is 10.0 Å². The predicted octanol–water partition coefficient (Wildman–Crippen LogP) is 3.76. The number of hydrogen-bond acceptors (Lipinski definition) is 3. The van der Waals surface area contributed by atoms with Crippen molar-refractivity contribution < 1.29 is 14.3 Å². The molecule has 0 spiro atoms. The molecule has 6 heteroatoms. The Hall–Kier alpha value is -2.34. The molecule has 0 saturated carbocycles. The number of amides is 2. The zero-order chi connectivity index (χ0) is 17.7. The van der Waals surface area contributed by atoms with Crippen molar-refractivity contribution in [2.75, 3.05) is 23.9 Å². The van der Waals surface area contributed by atoms with E-state index in [1.165, 1.54) is 18.9 Å². The Balaban J connectivity index is 2.19. The van der Waals surface area contributed by atoms with Crippen LogP contribution in [0.15, 0.2) is 46.9 Å². The predicted molar refractivity (Wildman–Crippen MR) is 98.5 cm³/mol. The van der Waals surface area contributed by atoms with E-state index in [1.807, 2.05) is 31.2 Å². The molecule has 0 bridgehead atoms. The number of anilines is 2. The SMILES string of the molecule is COc1ccc(C)cc1N(CC(=O)Nc1ccc(Br)cc1)C(C)=O. The van der Waals surface area contributed by atoms with E-state index >= 15 is 0 Å². The molecule has 2 aromatic carbocycles. The van der Waals surface area contributed by atoms with Crippen LogP contribution < -0.4 is 15.0 Å². The Labute approximate surface area is 149 Å². The summed E-state index contributed by atoms with van der Waals surface area (Å²) in [5.41, 5.74) is 2.23. The molecule has 0 aliphatic rings. The highest BCUT2D eigenvalue weighted by Gasteiger charge is 2.19. The average Bonchev–Trinajstić information content (AvgIpc) is 2.54. The number of carbonyl (C=O) groups excluding carboxylic acids is 2. The highest BCUT2D eigenvalue weighted by Crippen LogP contribution is 2.29. The molecule has 2 rings (SSSR count). The first-order valence-electron chi connectivity index (χ1n) is 7.39. The van der Waals surface area contributed by atoms with E-state index in [1.54, 1.807) is 18.2 Å². The number of carbonyl (C=O) groups is 2. The molecule has 0 aliphatic heterocycles. The highest BCUT2D eigenvalue weighted by molar-refractivity contribution is 9.10. The lowest BCUT2D eigenvalue weighted by molar-refractivity contribution is -0.120. The van der Waals surface area contributed by atoms with Crippen LogP contribution in [0.3, 0.4) is 0 Å². The fourth-order valence-corrected chi connectivity index (χ4v) is 2.52. The van der Waals surface area contributed by atoms with Crippen LogP contribution in [0.25, 0.3) is 0 Å². The summed E-state index contributed by atoms with van der Waals surface area (Å²) >= 11 is 3.34. The minimum absolute atomic E-state index is 0.0921. The second-order valence-corrected chi connectivity index (χ2v) is 6.25. The van der Waals surface area contributed by atoms with Gasteiger partial charge >= 0.3 is 0 Å². The number of methoxy groups -OCH3 is 1. The van der Waals surface area contributed by atoms with Gasteiger partial charge in [-0.05, 0) is 48.9 Å². The third-order valence-electron chi connectivity index (χ3n) is 3.43. The molecule has 2 aromatic rings. The number of halogens is 1. The third-order valence-corrected chi connectivity index (χ3v) is 3.96. The number of hydrogen-bond donors (Lipinski definition) is 1. The summed E-state index contributed by atoms with van der Waals surface area (Å²) in [7, 11) is 1.54. The van der Waals surface area contributed by atoms with Gasteiger partial charge in [0.15, 0.2) is 0 Å². The first kappa shape index (κ1) is 18.0. The summed E-state index contributed by atoms with van der Waals surface area (Å²) in [6.45, 7) is 3.25. The Morgan fingerprint density at radius 2 is 1.83 bits per heavy atom. The van der Waals surface area contributed by atoms with Crippen LogP contribution in [0.4, 0.5) is 11.4 Å². The van der Waals surface area contributed by atoms with E-state index in [9.17, 15) is 9.59 Å². The summed E-state index contributed by atoms with van der Waals surface area (Å²) in [4.78, 5) is 25.8. The number of ether oxygens (including phenoxy) is 1. The van der Waals surface area contributed by atoms with Crippen LogP contribution in [-0.4, -0.2) is 25.5 Å². The Bertz CT molecular complexity index is 744. The van der Waals surface area contributed by atoms with Crippen molar-refractivity contribution in [1.82, 2.24) is 0 Å². The molecule has 0 atom stereocenters. The zero-order valence-electron chi connectivity index (χ0n) is 13.8. The molecule has 1 N–H and O–H groups in total. The van der Waals surface area contributed by atoms with Gasteiger partial charge in [-0.25, -0.2) is 0 Å². The molecule has 0 aliphatic carbocycles. The molecular weight excluding hydrogens is 372 g/mol. The van der Waals surface area contributed by atoms with E-state index in [4.69, 9.17) is 4.74 Å². The summed E-state index contributed by atoms with van der Waals surface area (Å²) in [6.07, 6.45) is 0. The van der Waals surface area contributed by atoms with Crippen molar-refractivity contribution in [2.24, 2.45) is 0 Å². The largest absolute Gasteiger partial charge is 0.495 e.